The number of carbonyl (C=O) groups excluding carboxylic acids is 1. The Kier molecular flexibility index (Phi) is 5.27. The number of allylic oxidation sites excluding steroid dienone is 2. The maximum atomic E-state index is 13.5. The van der Waals surface area contributed by atoms with Crippen LogP contribution in [0, 0.1) is 5.41 Å². The largest absolute Gasteiger partial charge is 0.493 e. The summed E-state index contributed by atoms with van der Waals surface area (Å²) in [6.07, 6.45) is 4.59. The number of nitrogens with one attached hydrogen (secondary N) is 1. The van der Waals surface area contributed by atoms with Gasteiger partial charge in [-0.2, -0.15) is 4.98 Å². The summed E-state index contributed by atoms with van der Waals surface area (Å²) in [6, 6.07) is 6.96. The average Bonchev–Trinajstić information content (AvgIpc) is 3.25. The molecule has 1 aliphatic carbocycles. The van der Waals surface area contributed by atoms with E-state index in [9.17, 15) is 4.79 Å². The Morgan fingerprint density at radius 3 is 2.32 bits per heavy atom. The van der Waals surface area contributed by atoms with E-state index in [-0.39, 0.29) is 11.2 Å². The molecule has 34 heavy (non-hydrogen) atoms. The van der Waals surface area contributed by atoms with Gasteiger partial charge in [0, 0.05) is 35.6 Å². The fourth-order valence-corrected chi connectivity index (χ4v) is 4.80. The van der Waals surface area contributed by atoms with Crippen LogP contribution in [0.3, 0.4) is 0 Å². The number of Topliss-reactive ketones (excluding diaryl/α,β-unsaturated/α-hetero) is 1. The first kappa shape index (κ1) is 21.9. The van der Waals surface area contributed by atoms with E-state index in [1.54, 1.807) is 38.4 Å². The first-order valence-corrected chi connectivity index (χ1v) is 11.1. The molecule has 5 rings (SSSR count). The number of benzene rings is 1. The van der Waals surface area contributed by atoms with Crippen LogP contribution in [0.4, 0.5) is 5.95 Å². The highest BCUT2D eigenvalue weighted by molar-refractivity contribution is 6.00. The molecule has 9 nitrogen and oxygen atoms in total. The quantitative estimate of drug-likeness (QED) is 0.608. The minimum atomic E-state index is -0.494. The zero-order valence-corrected chi connectivity index (χ0v) is 19.9. The van der Waals surface area contributed by atoms with Crippen molar-refractivity contribution >= 4 is 11.7 Å². The van der Waals surface area contributed by atoms with Gasteiger partial charge in [0.2, 0.25) is 11.7 Å². The monoisotopic (exact) mass is 461 g/mol. The number of methoxy groups -OCH3 is 3. The number of carbonyl (C=O) groups is 1. The Balaban J connectivity index is 1.73. The van der Waals surface area contributed by atoms with Crippen molar-refractivity contribution in [2.24, 2.45) is 5.41 Å². The topological polar surface area (TPSA) is 100 Å². The van der Waals surface area contributed by atoms with E-state index in [0.717, 1.165) is 23.2 Å². The Morgan fingerprint density at radius 1 is 1.03 bits per heavy atom. The van der Waals surface area contributed by atoms with E-state index < -0.39 is 6.04 Å². The van der Waals surface area contributed by atoms with Crippen LogP contribution in [0.2, 0.25) is 0 Å². The molecule has 3 heterocycles. The second-order valence-electron chi connectivity index (χ2n) is 9.26. The second-order valence-corrected chi connectivity index (χ2v) is 9.26. The van der Waals surface area contributed by atoms with Gasteiger partial charge in [0.25, 0.3) is 0 Å². The third-order valence-corrected chi connectivity index (χ3v) is 6.27. The lowest BCUT2D eigenvalue weighted by atomic mass is 9.73. The highest BCUT2D eigenvalue weighted by Gasteiger charge is 2.42. The molecule has 0 fully saturated rings. The molecule has 1 aliphatic heterocycles. The number of fused-ring (bicyclic) bond motifs is 1. The number of aromatic nitrogens is 4. The van der Waals surface area contributed by atoms with Crippen LogP contribution in [0.1, 0.15) is 38.3 Å². The van der Waals surface area contributed by atoms with Gasteiger partial charge in [-0.25, -0.2) is 4.68 Å². The summed E-state index contributed by atoms with van der Waals surface area (Å²) in [6.45, 7) is 4.21. The molecule has 0 bridgehead atoms. The highest BCUT2D eigenvalue weighted by Crippen LogP contribution is 2.48. The third-order valence-electron chi connectivity index (χ3n) is 6.27. The molecular formula is C25H27N5O4. The first-order chi connectivity index (χ1) is 16.3. The van der Waals surface area contributed by atoms with Crippen molar-refractivity contribution in [3.63, 3.8) is 0 Å². The highest BCUT2D eigenvalue weighted by atomic mass is 16.5. The molecule has 176 valence electrons. The summed E-state index contributed by atoms with van der Waals surface area (Å²) in [4.78, 5) is 22.3. The molecule has 0 amide bonds. The number of ketones is 1. The number of hydrogen-bond donors (Lipinski definition) is 1. The van der Waals surface area contributed by atoms with E-state index >= 15 is 0 Å². The molecule has 1 N–H and O–H groups in total. The summed E-state index contributed by atoms with van der Waals surface area (Å²) in [5.41, 5.74) is 3.04. The Morgan fingerprint density at radius 2 is 1.71 bits per heavy atom. The van der Waals surface area contributed by atoms with Gasteiger partial charge in [0.05, 0.1) is 21.3 Å². The van der Waals surface area contributed by atoms with Crippen LogP contribution in [-0.4, -0.2) is 46.9 Å². The minimum Gasteiger partial charge on any atom is -0.493 e. The standard InChI is InChI=1S/C25H27N5O4/c1-25(2)12-16-20(17(31)13-25)21(15-10-18(32-3)22(34-5)19(11-15)33-4)30-24(27-16)28-23(29-30)14-6-8-26-9-7-14/h6-11,21H,12-13H2,1-5H3,(H,27,28,29)/t21-/m1/s1. The molecule has 0 saturated carbocycles. The molecule has 0 unspecified atom stereocenters. The van der Waals surface area contributed by atoms with Crippen LogP contribution < -0.4 is 19.5 Å². The van der Waals surface area contributed by atoms with Gasteiger partial charge in [0.1, 0.15) is 6.04 Å². The molecule has 0 spiro atoms. The number of rotatable bonds is 5. The van der Waals surface area contributed by atoms with E-state index in [0.29, 0.717) is 41.0 Å². The van der Waals surface area contributed by atoms with Gasteiger partial charge in [0.15, 0.2) is 23.1 Å². The maximum Gasteiger partial charge on any atom is 0.226 e. The first-order valence-electron chi connectivity index (χ1n) is 11.1. The lowest BCUT2D eigenvalue weighted by Crippen LogP contribution is -2.36. The van der Waals surface area contributed by atoms with Gasteiger partial charge >= 0.3 is 0 Å². The van der Waals surface area contributed by atoms with Crippen LogP contribution in [0.25, 0.3) is 11.4 Å². The van der Waals surface area contributed by atoms with E-state index in [1.165, 1.54) is 0 Å². The Hall–Kier alpha value is -3.88. The van der Waals surface area contributed by atoms with Crippen molar-refractivity contribution in [3.05, 3.63) is 53.5 Å². The predicted octanol–water partition coefficient (Wildman–Crippen LogP) is 4.02. The number of hydrogen-bond acceptors (Lipinski definition) is 8. The van der Waals surface area contributed by atoms with Crippen molar-refractivity contribution in [2.45, 2.75) is 32.7 Å². The predicted molar refractivity (Wildman–Crippen MR) is 126 cm³/mol. The van der Waals surface area contributed by atoms with Gasteiger partial charge in [-0.15, -0.1) is 5.10 Å². The van der Waals surface area contributed by atoms with Crippen LogP contribution >= 0.6 is 0 Å². The van der Waals surface area contributed by atoms with Crippen molar-refractivity contribution in [1.29, 1.82) is 0 Å². The normalized spacial score (nSPS) is 18.6. The molecule has 1 aromatic carbocycles. The Labute approximate surface area is 197 Å². The van der Waals surface area contributed by atoms with Crippen LogP contribution in [0.15, 0.2) is 47.9 Å². The fraction of sp³-hybridized carbons (Fsp3) is 0.360. The average molecular weight is 462 g/mol. The van der Waals surface area contributed by atoms with Crippen molar-refractivity contribution in [1.82, 2.24) is 19.7 Å². The molecule has 0 saturated heterocycles. The molecule has 1 atom stereocenters. The molecule has 3 aromatic rings. The summed E-state index contributed by atoms with van der Waals surface area (Å²) in [5.74, 6) is 2.73. The van der Waals surface area contributed by atoms with E-state index in [2.05, 4.69) is 24.1 Å². The van der Waals surface area contributed by atoms with Crippen molar-refractivity contribution < 1.29 is 19.0 Å². The third kappa shape index (κ3) is 3.57. The molecule has 2 aliphatic rings. The van der Waals surface area contributed by atoms with Crippen LogP contribution in [0.5, 0.6) is 17.2 Å². The van der Waals surface area contributed by atoms with Gasteiger partial charge < -0.3 is 19.5 Å². The number of ether oxygens (including phenoxy) is 3. The minimum absolute atomic E-state index is 0.0871. The lowest BCUT2D eigenvalue weighted by molar-refractivity contribution is -0.118. The zero-order chi connectivity index (χ0) is 24.0. The summed E-state index contributed by atoms with van der Waals surface area (Å²) in [5, 5.41) is 8.21. The maximum absolute atomic E-state index is 13.5. The summed E-state index contributed by atoms with van der Waals surface area (Å²) in [7, 11) is 4.71. The molecule has 0 radical (unpaired) electrons. The summed E-state index contributed by atoms with van der Waals surface area (Å²) >= 11 is 0. The molecule has 2 aromatic heterocycles. The number of nitrogens with zero attached hydrogens (tertiary/aromatic N) is 4. The molecule has 9 heteroatoms. The van der Waals surface area contributed by atoms with Gasteiger partial charge in [-0.3, -0.25) is 9.78 Å². The number of pyridine rings is 1. The second kappa shape index (κ2) is 8.16. The lowest BCUT2D eigenvalue weighted by Gasteiger charge is -2.38. The van der Waals surface area contributed by atoms with E-state index in [4.69, 9.17) is 24.3 Å². The van der Waals surface area contributed by atoms with Crippen molar-refractivity contribution in [2.75, 3.05) is 26.6 Å². The van der Waals surface area contributed by atoms with Crippen molar-refractivity contribution in [3.8, 4) is 28.6 Å². The number of anilines is 1. The van der Waals surface area contributed by atoms with Crippen LogP contribution in [-0.2, 0) is 4.79 Å². The zero-order valence-electron chi connectivity index (χ0n) is 19.9. The summed E-state index contributed by atoms with van der Waals surface area (Å²) < 4.78 is 18.5. The SMILES string of the molecule is COc1cc([C@@H]2C3=C(CC(C)(C)CC3=O)Nc3nc(-c4ccncc4)nn32)cc(OC)c1OC. The van der Waals surface area contributed by atoms with Gasteiger partial charge in [-0.05, 0) is 41.7 Å². The van der Waals surface area contributed by atoms with Gasteiger partial charge in [-0.1, -0.05) is 13.8 Å². The Bertz CT molecular complexity index is 1270. The fourth-order valence-electron chi connectivity index (χ4n) is 4.80. The van der Waals surface area contributed by atoms with E-state index in [1.807, 2.05) is 24.3 Å². The molecular weight excluding hydrogens is 434 g/mol. The smallest absolute Gasteiger partial charge is 0.226 e.